The molecule has 6 nitrogen and oxygen atoms in total. The highest BCUT2D eigenvalue weighted by Crippen LogP contribution is 2.26. The zero-order chi connectivity index (χ0) is 18.8. The SMILES string of the molecule is CN=C(NCCc1ccc(C)c(OC)c1)NCCN(CCOC)C1CC1.I. The van der Waals surface area contributed by atoms with Crippen LogP contribution in [0.25, 0.3) is 0 Å². The van der Waals surface area contributed by atoms with Crippen LogP contribution in [-0.4, -0.2) is 71.0 Å². The van der Waals surface area contributed by atoms with Crippen LogP contribution < -0.4 is 15.4 Å². The van der Waals surface area contributed by atoms with Crippen molar-refractivity contribution in [3.8, 4) is 5.75 Å². The number of ether oxygens (including phenoxy) is 2. The Morgan fingerprint density at radius 3 is 2.56 bits per heavy atom. The lowest BCUT2D eigenvalue weighted by molar-refractivity contribution is 0.144. The number of nitrogens with zero attached hydrogens (tertiary/aromatic N) is 2. The highest BCUT2D eigenvalue weighted by molar-refractivity contribution is 14.0. The summed E-state index contributed by atoms with van der Waals surface area (Å²) in [5, 5.41) is 6.80. The molecule has 0 aliphatic heterocycles. The molecule has 1 aliphatic rings. The molecule has 1 aromatic rings. The Labute approximate surface area is 181 Å². The van der Waals surface area contributed by atoms with Gasteiger partial charge < -0.3 is 20.1 Å². The van der Waals surface area contributed by atoms with Crippen LogP contribution in [0.4, 0.5) is 0 Å². The summed E-state index contributed by atoms with van der Waals surface area (Å²) in [6.45, 7) is 6.60. The lowest BCUT2D eigenvalue weighted by Crippen LogP contribution is -2.43. The van der Waals surface area contributed by atoms with Gasteiger partial charge in [0.05, 0.1) is 13.7 Å². The van der Waals surface area contributed by atoms with Gasteiger partial charge in [-0.2, -0.15) is 0 Å². The van der Waals surface area contributed by atoms with Crippen LogP contribution in [0.15, 0.2) is 23.2 Å². The average molecular weight is 490 g/mol. The molecule has 0 atom stereocenters. The number of benzene rings is 1. The summed E-state index contributed by atoms with van der Waals surface area (Å²) in [5.41, 5.74) is 2.42. The van der Waals surface area contributed by atoms with Crippen molar-refractivity contribution in [2.75, 3.05) is 54.1 Å². The molecule has 0 amide bonds. The first-order chi connectivity index (χ1) is 12.7. The van der Waals surface area contributed by atoms with Crippen molar-refractivity contribution < 1.29 is 9.47 Å². The molecule has 1 aromatic carbocycles. The molecule has 1 saturated carbocycles. The van der Waals surface area contributed by atoms with Gasteiger partial charge in [0, 0.05) is 46.4 Å². The number of aliphatic imine (C=N–C) groups is 1. The lowest BCUT2D eigenvalue weighted by atomic mass is 10.1. The van der Waals surface area contributed by atoms with Crippen molar-refractivity contribution in [2.45, 2.75) is 32.2 Å². The summed E-state index contributed by atoms with van der Waals surface area (Å²) in [5.74, 6) is 1.80. The predicted molar refractivity (Wildman–Crippen MR) is 123 cm³/mol. The number of guanidine groups is 1. The van der Waals surface area contributed by atoms with Gasteiger partial charge in [0.1, 0.15) is 5.75 Å². The fourth-order valence-corrected chi connectivity index (χ4v) is 3.01. The molecular formula is C20H35IN4O2. The zero-order valence-electron chi connectivity index (χ0n) is 17.1. The maximum Gasteiger partial charge on any atom is 0.191 e. The smallest absolute Gasteiger partial charge is 0.191 e. The van der Waals surface area contributed by atoms with Crippen molar-refractivity contribution >= 4 is 29.9 Å². The molecule has 0 aromatic heterocycles. The largest absolute Gasteiger partial charge is 0.496 e. The monoisotopic (exact) mass is 490 g/mol. The Balaban J connectivity index is 0.00000364. The third kappa shape index (κ3) is 8.66. The van der Waals surface area contributed by atoms with Gasteiger partial charge in [0.2, 0.25) is 0 Å². The summed E-state index contributed by atoms with van der Waals surface area (Å²) in [6, 6.07) is 7.11. The Kier molecular flexibility index (Phi) is 11.7. The van der Waals surface area contributed by atoms with Gasteiger partial charge in [-0.25, -0.2) is 0 Å². The standard InChI is InChI=1S/C20H34N4O2.HI/c1-16-5-6-17(15-19(16)26-4)9-10-22-20(21-2)23-11-12-24(13-14-25-3)18-7-8-18;/h5-6,15,18H,7-14H2,1-4H3,(H2,21,22,23);1H. The fourth-order valence-electron chi connectivity index (χ4n) is 3.01. The van der Waals surface area contributed by atoms with Crippen LogP contribution in [0, 0.1) is 6.92 Å². The molecule has 0 radical (unpaired) electrons. The molecule has 154 valence electrons. The minimum Gasteiger partial charge on any atom is -0.496 e. The summed E-state index contributed by atoms with van der Waals surface area (Å²) >= 11 is 0. The van der Waals surface area contributed by atoms with Crippen LogP contribution in [0.3, 0.4) is 0 Å². The van der Waals surface area contributed by atoms with E-state index in [0.29, 0.717) is 0 Å². The second-order valence-corrected chi connectivity index (χ2v) is 6.74. The van der Waals surface area contributed by atoms with Crippen LogP contribution in [0.2, 0.25) is 0 Å². The van der Waals surface area contributed by atoms with Gasteiger partial charge >= 0.3 is 0 Å². The zero-order valence-corrected chi connectivity index (χ0v) is 19.4. The van der Waals surface area contributed by atoms with E-state index in [1.807, 2.05) is 7.05 Å². The molecule has 2 rings (SSSR count). The molecule has 1 fully saturated rings. The Morgan fingerprint density at radius 1 is 1.19 bits per heavy atom. The Morgan fingerprint density at radius 2 is 1.93 bits per heavy atom. The first-order valence-corrected chi connectivity index (χ1v) is 9.49. The molecule has 0 saturated heterocycles. The third-order valence-electron chi connectivity index (χ3n) is 4.74. The van der Waals surface area contributed by atoms with Gasteiger partial charge in [-0.05, 0) is 43.4 Å². The first-order valence-electron chi connectivity index (χ1n) is 9.49. The molecule has 0 spiro atoms. The topological polar surface area (TPSA) is 58.1 Å². The summed E-state index contributed by atoms with van der Waals surface area (Å²) in [6.07, 6.45) is 3.56. The molecular weight excluding hydrogens is 455 g/mol. The maximum atomic E-state index is 5.39. The van der Waals surface area contributed by atoms with E-state index in [2.05, 4.69) is 45.6 Å². The maximum absolute atomic E-state index is 5.39. The number of nitrogens with one attached hydrogen (secondary N) is 2. The van der Waals surface area contributed by atoms with E-state index in [0.717, 1.165) is 62.5 Å². The molecule has 7 heteroatoms. The highest BCUT2D eigenvalue weighted by Gasteiger charge is 2.28. The van der Waals surface area contributed by atoms with E-state index in [4.69, 9.17) is 9.47 Å². The van der Waals surface area contributed by atoms with Crippen molar-refractivity contribution in [1.82, 2.24) is 15.5 Å². The number of hydrogen-bond donors (Lipinski definition) is 2. The van der Waals surface area contributed by atoms with E-state index in [-0.39, 0.29) is 24.0 Å². The normalized spacial score (nSPS) is 14.0. The van der Waals surface area contributed by atoms with Crippen molar-refractivity contribution in [2.24, 2.45) is 4.99 Å². The van der Waals surface area contributed by atoms with Crippen molar-refractivity contribution in [1.29, 1.82) is 0 Å². The summed E-state index contributed by atoms with van der Waals surface area (Å²) in [4.78, 5) is 6.82. The van der Waals surface area contributed by atoms with Crippen LogP contribution in [-0.2, 0) is 11.2 Å². The molecule has 1 aliphatic carbocycles. The van der Waals surface area contributed by atoms with E-state index >= 15 is 0 Å². The molecule has 0 bridgehead atoms. The van der Waals surface area contributed by atoms with Gasteiger partial charge in [-0.1, -0.05) is 12.1 Å². The van der Waals surface area contributed by atoms with E-state index < -0.39 is 0 Å². The number of halogens is 1. The Hall–Kier alpha value is -1.06. The third-order valence-corrected chi connectivity index (χ3v) is 4.74. The number of rotatable bonds is 11. The van der Waals surface area contributed by atoms with Crippen LogP contribution >= 0.6 is 24.0 Å². The number of methoxy groups -OCH3 is 2. The average Bonchev–Trinajstić information content (AvgIpc) is 3.49. The van der Waals surface area contributed by atoms with Gasteiger partial charge in [0.25, 0.3) is 0 Å². The second kappa shape index (κ2) is 13.2. The van der Waals surface area contributed by atoms with E-state index in [9.17, 15) is 0 Å². The summed E-state index contributed by atoms with van der Waals surface area (Å²) in [7, 11) is 5.29. The summed E-state index contributed by atoms with van der Waals surface area (Å²) < 4.78 is 10.6. The lowest BCUT2D eigenvalue weighted by Gasteiger charge is -2.22. The molecule has 0 unspecified atom stereocenters. The quantitative estimate of drug-likeness (QED) is 0.284. The predicted octanol–water partition coefficient (Wildman–Crippen LogP) is 2.44. The Bertz CT molecular complexity index is 579. The van der Waals surface area contributed by atoms with Crippen LogP contribution in [0.1, 0.15) is 24.0 Å². The minimum atomic E-state index is 0. The van der Waals surface area contributed by atoms with Gasteiger partial charge in [0.15, 0.2) is 5.96 Å². The number of aryl methyl sites for hydroxylation is 1. The van der Waals surface area contributed by atoms with Gasteiger partial charge in [-0.3, -0.25) is 9.89 Å². The van der Waals surface area contributed by atoms with E-state index in [1.165, 1.54) is 18.4 Å². The highest BCUT2D eigenvalue weighted by atomic mass is 127. The molecule has 27 heavy (non-hydrogen) atoms. The first kappa shape index (κ1) is 24.0. The van der Waals surface area contributed by atoms with E-state index in [1.54, 1.807) is 14.2 Å². The van der Waals surface area contributed by atoms with Crippen molar-refractivity contribution in [3.63, 3.8) is 0 Å². The van der Waals surface area contributed by atoms with Gasteiger partial charge in [-0.15, -0.1) is 24.0 Å². The second-order valence-electron chi connectivity index (χ2n) is 6.74. The molecule has 0 heterocycles. The van der Waals surface area contributed by atoms with Crippen molar-refractivity contribution in [3.05, 3.63) is 29.3 Å². The minimum absolute atomic E-state index is 0. The van der Waals surface area contributed by atoms with Crippen LogP contribution in [0.5, 0.6) is 5.75 Å². The number of hydrogen-bond acceptors (Lipinski definition) is 4. The molecule has 2 N–H and O–H groups in total. The fraction of sp³-hybridized carbons (Fsp3) is 0.650.